The fourth-order valence-electron chi connectivity index (χ4n) is 3.83. The first kappa shape index (κ1) is 19.8. The van der Waals surface area contributed by atoms with E-state index in [-0.39, 0.29) is 11.1 Å². The lowest BCUT2D eigenvalue weighted by Crippen LogP contribution is -2.45. The predicted molar refractivity (Wildman–Crippen MR) is 113 cm³/mol. The molecule has 4 nitrogen and oxygen atoms in total. The summed E-state index contributed by atoms with van der Waals surface area (Å²) in [6.07, 6.45) is 3.88. The zero-order valence-electron chi connectivity index (χ0n) is 17.0. The summed E-state index contributed by atoms with van der Waals surface area (Å²) in [4.78, 5) is 14.5. The number of hydrogen-bond acceptors (Lipinski definition) is 3. The van der Waals surface area contributed by atoms with Gasteiger partial charge in [-0.25, -0.2) is 9.82 Å². The van der Waals surface area contributed by atoms with E-state index in [0.717, 1.165) is 23.2 Å². The van der Waals surface area contributed by atoms with E-state index in [4.69, 9.17) is 0 Å². The van der Waals surface area contributed by atoms with Crippen LogP contribution in [0.3, 0.4) is 0 Å². The van der Waals surface area contributed by atoms with Gasteiger partial charge in [-0.15, -0.1) is 0 Å². The van der Waals surface area contributed by atoms with E-state index in [2.05, 4.69) is 61.3 Å². The number of carbonyl (C=O) groups is 1. The number of hydrogen-bond donors (Lipinski definition) is 1. The van der Waals surface area contributed by atoms with Crippen molar-refractivity contribution < 1.29 is 9.18 Å². The molecule has 0 fully saturated rings. The van der Waals surface area contributed by atoms with Gasteiger partial charge in [-0.2, -0.15) is 5.10 Å². The molecule has 0 atom stereocenters. The van der Waals surface area contributed by atoms with Crippen LogP contribution in [0.4, 0.5) is 10.1 Å². The minimum absolute atomic E-state index is 0.0265. The molecule has 0 bridgehead atoms. The normalized spacial score (nSPS) is 15.4. The number of hydrazone groups is 1. The average Bonchev–Trinajstić information content (AvgIpc) is 2.62. The second kappa shape index (κ2) is 7.58. The molecule has 0 aromatic heterocycles. The molecule has 146 valence electrons. The van der Waals surface area contributed by atoms with E-state index in [1.54, 1.807) is 18.3 Å². The van der Waals surface area contributed by atoms with Crippen molar-refractivity contribution in [2.24, 2.45) is 5.10 Å². The summed E-state index contributed by atoms with van der Waals surface area (Å²) in [5.74, 6) is -1.14. The van der Waals surface area contributed by atoms with E-state index in [0.29, 0.717) is 0 Å². The van der Waals surface area contributed by atoms with Crippen molar-refractivity contribution in [3.8, 4) is 0 Å². The number of amides is 1. The third-order valence-electron chi connectivity index (χ3n) is 5.17. The number of likely N-dealkylation sites (N-methyl/N-ethyl adjacent to an activating group) is 1. The first-order chi connectivity index (χ1) is 13.2. The molecule has 0 saturated heterocycles. The molecule has 0 radical (unpaired) electrons. The van der Waals surface area contributed by atoms with Crippen molar-refractivity contribution >= 4 is 23.4 Å². The third kappa shape index (κ3) is 3.70. The van der Waals surface area contributed by atoms with Gasteiger partial charge >= 0.3 is 0 Å². The molecule has 5 heteroatoms. The van der Waals surface area contributed by atoms with Crippen LogP contribution in [0.1, 0.15) is 54.7 Å². The highest BCUT2D eigenvalue weighted by Gasteiger charge is 2.30. The Balaban J connectivity index is 1.87. The molecule has 28 heavy (non-hydrogen) atoms. The van der Waals surface area contributed by atoms with Gasteiger partial charge in [0.05, 0.1) is 17.3 Å². The molecule has 1 aliphatic heterocycles. The van der Waals surface area contributed by atoms with Crippen molar-refractivity contribution in [2.45, 2.75) is 40.2 Å². The van der Waals surface area contributed by atoms with E-state index < -0.39 is 11.7 Å². The van der Waals surface area contributed by atoms with Crippen molar-refractivity contribution in [1.82, 2.24) is 5.43 Å². The SMILES string of the molecule is CCN1c2cc(C)c(/C=N\NC(=O)c3ccccc3F)cc2C(C)=CC1(C)C. The maximum atomic E-state index is 13.7. The number of halogens is 1. The second-order valence-corrected chi connectivity index (χ2v) is 7.63. The zero-order chi connectivity index (χ0) is 20.5. The van der Waals surface area contributed by atoms with E-state index in [9.17, 15) is 9.18 Å². The van der Waals surface area contributed by atoms with Crippen LogP contribution in [0.5, 0.6) is 0 Å². The molecule has 2 aromatic rings. The molecule has 0 spiro atoms. The highest BCUT2D eigenvalue weighted by atomic mass is 19.1. The first-order valence-corrected chi connectivity index (χ1v) is 9.44. The Morgan fingerprint density at radius 1 is 1.25 bits per heavy atom. The number of nitrogens with zero attached hydrogens (tertiary/aromatic N) is 2. The van der Waals surface area contributed by atoms with Gasteiger partial charge in [0.2, 0.25) is 0 Å². The van der Waals surface area contributed by atoms with Crippen LogP contribution < -0.4 is 10.3 Å². The number of allylic oxidation sites excluding steroid dienone is 1. The number of benzene rings is 2. The highest BCUT2D eigenvalue weighted by Crippen LogP contribution is 2.39. The van der Waals surface area contributed by atoms with Crippen molar-refractivity contribution in [3.05, 3.63) is 70.5 Å². The molecule has 0 unspecified atom stereocenters. The van der Waals surface area contributed by atoms with E-state index >= 15 is 0 Å². The summed E-state index contributed by atoms with van der Waals surface area (Å²) in [6, 6.07) is 10.1. The molecular formula is C23H26FN3O. The van der Waals surface area contributed by atoms with E-state index in [1.807, 2.05) is 6.92 Å². The van der Waals surface area contributed by atoms with Gasteiger partial charge in [0.25, 0.3) is 5.91 Å². The predicted octanol–water partition coefficient (Wildman–Crippen LogP) is 4.92. The van der Waals surface area contributed by atoms with Gasteiger partial charge in [0, 0.05) is 17.8 Å². The summed E-state index contributed by atoms with van der Waals surface area (Å²) in [7, 11) is 0. The smallest absolute Gasteiger partial charge is 0.274 e. The van der Waals surface area contributed by atoms with Crippen molar-refractivity contribution in [3.63, 3.8) is 0 Å². The Labute approximate surface area is 165 Å². The molecule has 1 amide bonds. The minimum atomic E-state index is -0.569. The maximum Gasteiger partial charge on any atom is 0.274 e. The highest BCUT2D eigenvalue weighted by molar-refractivity contribution is 5.95. The molecule has 0 saturated carbocycles. The third-order valence-corrected chi connectivity index (χ3v) is 5.17. The number of aryl methyl sites for hydroxylation is 1. The van der Waals surface area contributed by atoms with Crippen LogP contribution in [0.25, 0.3) is 5.57 Å². The van der Waals surface area contributed by atoms with Gasteiger partial charge < -0.3 is 4.90 Å². The van der Waals surface area contributed by atoms with Crippen LogP contribution in [0, 0.1) is 12.7 Å². The number of nitrogens with one attached hydrogen (secondary N) is 1. The molecular weight excluding hydrogens is 353 g/mol. The Hall–Kier alpha value is -2.95. The Kier molecular flexibility index (Phi) is 5.36. The monoisotopic (exact) mass is 379 g/mol. The molecule has 3 rings (SSSR count). The summed E-state index contributed by atoms with van der Waals surface area (Å²) >= 11 is 0. The van der Waals surface area contributed by atoms with Crippen molar-refractivity contribution in [1.29, 1.82) is 0 Å². The quantitative estimate of drug-likeness (QED) is 0.605. The molecule has 1 heterocycles. The first-order valence-electron chi connectivity index (χ1n) is 9.44. The Bertz CT molecular complexity index is 976. The van der Waals surface area contributed by atoms with Gasteiger partial charge in [-0.05, 0) is 75.6 Å². The lowest BCUT2D eigenvalue weighted by molar-refractivity contribution is 0.0951. The molecule has 2 aromatic carbocycles. The fourth-order valence-corrected chi connectivity index (χ4v) is 3.83. The van der Waals surface area contributed by atoms with Crippen LogP contribution in [0.15, 0.2) is 47.6 Å². The fraction of sp³-hybridized carbons (Fsp3) is 0.304. The topological polar surface area (TPSA) is 44.7 Å². The minimum Gasteiger partial charge on any atom is -0.363 e. The average molecular weight is 379 g/mol. The molecule has 0 aliphatic carbocycles. The Morgan fingerprint density at radius 3 is 2.64 bits per heavy atom. The summed E-state index contributed by atoms with van der Waals surface area (Å²) < 4.78 is 13.7. The second-order valence-electron chi connectivity index (χ2n) is 7.63. The molecule has 1 N–H and O–H groups in total. The summed E-state index contributed by atoms with van der Waals surface area (Å²) in [6.45, 7) is 11.6. The standard InChI is InChI=1S/C23H26FN3O/c1-6-27-21-11-15(2)17(12-19(21)16(3)13-23(27,4)5)14-25-26-22(28)18-9-7-8-10-20(18)24/h7-14H,6H2,1-5H3,(H,26,28)/b25-14-. The van der Waals surface area contributed by atoms with Gasteiger partial charge in [-0.3, -0.25) is 4.79 Å². The van der Waals surface area contributed by atoms with E-state index in [1.165, 1.54) is 23.4 Å². The van der Waals surface area contributed by atoms with Crippen LogP contribution in [-0.4, -0.2) is 24.2 Å². The van der Waals surface area contributed by atoms with Crippen LogP contribution >= 0.6 is 0 Å². The lowest BCUT2D eigenvalue weighted by Gasteiger charge is -2.43. The van der Waals surface area contributed by atoms with Crippen molar-refractivity contribution in [2.75, 3.05) is 11.4 Å². The maximum absolute atomic E-state index is 13.7. The van der Waals surface area contributed by atoms with Gasteiger partial charge in [0.1, 0.15) is 5.82 Å². The van der Waals surface area contributed by atoms with Crippen LogP contribution in [-0.2, 0) is 0 Å². The zero-order valence-corrected chi connectivity index (χ0v) is 17.0. The molecule has 1 aliphatic rings. The number of fused-ring (bicyclic) bond motifs is 1. The summed E-state index contributed by atoms with van der Waals surface area (Å²) in [5, 5.41) is 4.04. The van der Waals surface area contributed by atoms with Gasteiger partial charge in [-0.1, -0.05) is 18.2 Å². The number of carbonyl (C=O) groups excluding carboxylic acids is 1. The van der Waals surface area contributed by atoms with Gasteiger partial charge in [0.15, 0.2) is 0 Å². The summed E-state index contributed by atoms with van der Waals surface area (Å²) in [5.41, 5.74) is 7.90. The van der Waals surface area contributed by atoms with Crippen LogP contribution in [0.2, 0.25) is 0 Å². The number of rotatable bonds is 4. The Morgan fingerprint density at radius 2 is 1.96 bits per heavy atom. The number of anilines is 1. The largest absolute Gasteiger partial charge is 0.363 e. The lowest BCUT2D eigenvalue weighted by atomic mass is 9.87.